The summed E-state index contributed by atoms with van der Waals surface area (Å²) < 4.78 is 0. The van der Waals surface area contributed by atoms with E-state index in [1.807, 2.05) is 28.0 Å². The van der Waals surface area contributed by atoms with Crippen molar-refractivity contribution in [1.82, 2.24) is 9.80 Å². The number of nitrogens with zero attached hydrogens (tertiary/aromatic N) is 2. The average Bonchev–Trinajstić information content (AvgIpc) is 2.65. The van der Waals surface area contributed by atoms with Crippen molar-refractivity contribution in [1.29, 1.82) is 0 Å². The maximum absolute atomic E-state index is 12.5. The third-order valence-electron chi connectivity index (χ3n) is 5.74. The predicted octanol–water partition coefficient (Wildman–Crippen LogP) is 3.04. The van der Waals surface area contributed by atoms with Gasteiger partial charge in [-0.3, -0.25) is 9.59 Å². The lowest BCUT2D eigenvalue weighted by molar-refractivity contribution is -0.141. The van der Waals surface area contributed by atoms with Gasteiger partial charge in [0, 0.05) is 39.0 Å². The van der Waals surface area contributed by atoms with Gasteiger partial charge in [-0.1, -0.05) is 36.4 Å². The standard InChI is InChI=1S/C21H28N2O2/c1-2-14-23-17-21(11-10-20(23)25)12-15-22(16-13-21)19(24)9-8-18-6-4-3-5-7-18/h2-7H,1,8-17H2. The highest BCUT2D eigenvalue weighted by Gasteiger charge is 2.41. The van der Waals surface area contributed by atoms with Crippen LogP contribution in [-0.4, -0.2) is 47.8 Å². The van der Waals surface area contributed by atoms with E-state index in [1.165, 1.54) is 5.56 Å². The molecule has 1 spiro atoms. The Morgan fingerprint density at radius 1 is 1.16 bits per heavy atom. The summed E-state index contributed by atoms with van der Waals surface area (Å²) in [6.07, 6.45) is 6.80. The zero-order valence-corrected chi connectivity index (χ0v) is 15.0. The molecular weight excluding hydrogens is 312 g/mol. The predicted molar refractivity (Wildman–Crippen MR) is 99.0 cm³/mol. The van der Waals surface area contributed by atoms with Crippen LogP contribution in [0.3, 0.4) is 0 Å². The Morgan fingerprint density at radius 3 is 2.56 bits per heavy atom. The van der Waals surface area contributed by atoms with Gasteiger partial charge in [-0.15, -0.1) is 6.58 Å². The molecule has 0 aliphatic carbocycles. The highest BCUT2D eigenvalue weighted by Crippen LogP contribution is 2.40. The summed E-state index contributed by atoms with van der Waals surface area (Å²) in [5.41, 5.74) is 1.42. The first-order valence-corrected chi connectivity index (χ1v) is 9.32. The molecule has 2 saturated heterocycles. The minimum atomic E-state index is 0.202. The molecule has 0 atom stereocenters. The summed E-state index contributed by atoms with van der Waals surface area (Å²) in [6.45, 7) is 6.87. The first-order valence-electron chi connectivity index (χ1n) is 9.32. The number of aryl methyl sites for hydroxylation is 1. The van der Waals surface area contributed by atoms with Gasteiger partial charge in [0.2, 0.25) is 11.8 Å². The van der Waals surface area contributed by atoms with Crippen LogP contribution in [0.15, 0.2) is 43.0 Å². The molecule has 0 unspecified atom stereocenters. The number of likely N-dealkylation sites (tertiary alicyclic amines) is 2. The second-order valence-corrected chi connectivity index (χ2v) is 7.43. The molecule has 2 aliphatic rings. The molecule has 0 radical (unpaired) electrons. The fraction of sp³-hybridized carbons (Fsp3) is 0.524. The Hall–Kier alpha value is -2.10. The Balaban J connectivity index is 1.50. The van der Waals surface area contributed by atoms with Gasteiger partial charge < -0.3 is 9.80 Å². The van der Waals surface area contributed by atoms with E-state index < -0.39 is 0 Å². The molecule has 2 fully saturated rings. The van der Waals surface area contributed by atoms with Crippen LogP contribution in [-0.2, 0) is 16.0 Å². The van der Waals surface area contributed by atoms with Gasteiger partial charge in [-0.05, 0) is 36.7 Å². The van der Waals surface area contributed by atoms with E-state index in [4.69, 9.17) is 0 Å². The minimum Gasteiger partial charge on any atom is -0.343 e. The number of benzene rings is 1. The number of hydrogen-bond acceptors (Lipinski definition) is 2. The van der Waals surface area contributed by atoms with Gasteiger partial charge in [-0.25, -0.2) is 0 Å². The average molecular weight is 340 g/mol. The van der Waals surface area contributed by atoms with Gasteiger partial charge in [0.1, 0.15) is 0 Å². The monoisotopic (exact) mass is 340 g/mol. The summed E-state index contributed by atoms with van der Waals surface area (Å²) in [7, 11) is 0. The van der Waals surface area contributed by atoms with Crippen molar-refractivity contribution in [3.05, 3.63) is 48.6 Å². The van der Waals surface area contributed by atoms with Crippen molar-refractivity contribution in [2.45, 2.75) is 38.5 Å². The van der Waals surface area contributed by atoms with Crippen molar-refractivity contribution in [3.8, 4) is 0 Å². The number of carbonyl (C=O) groups excluding carboxylic acids is 2. The fourth-order valence-corrected chi connectivity index (χ4v) is 4.12. The summed E-state index contributed by atoms with van der Waals surface area (Å²) in [6, 6.07) is 10.2. The first kappa shape index (κ1) is 17.7. The van der Waals surface area contributed by atoms with E-state index in [2.05, 4.69) is 18.7 Å². The summed E-state index contributed by atoms with van der Waals surface area (Å²) >= 11 is 0. The van der Waals surface area contributed by atoms with Crippen molar-refractivity contribution >= 4 is 11.8 Å². The number of rotatable bonds is 5. The fourth-order valence-electron chi connectivity index (χ4n) is 4.12. The zero-order valence-electron chi connectivity index (χ0n) is 15.0. The molecule has 4 nitrogen and oxygen atoms in total. The molecular formula is C21H28N2O2. The molecule has 2 aliphatic heterocycles. The Kier molecular flexibility index (Phi) is 5.57. The maximum Gasteiger partial charge on any atom is 0.222 e. The summed E-state index contributed by atoms with van der Waals surface area (Å²) in [5, 5.41) is 0. The van der Waals surface area contributed by atoms with Gasteiger partial charge in [0.15, 0.2) is 0 Å². The van der Waals surface area contributed by atoms with Crippen molar-refractivity contribution in [2.24, 2.45) is 5.41 Å². The van der Waals surface area contributed by atoms with Crippen molar-refractivity contribution in [3.63, 3.8) is 0 Å². The second-order valence-electron chi connectivity index (χ2n) is 7.43. The summed E-state index contributed by atoms with van der Waals surface area (Å²) in [4.78, 5) is 28.5. The van der Waals surface area contributed by atoms with Crippen LogP contribution < -0.4 is 0 Å². The van der Waals surface area contributed by atoms with Crippen LogP contribution in [0, 0.1) is 5.41 Å². The van der Waals surface area contributed by atoms with Gasteiger partial charge in [0.05, 0.1) is 0 Å². The molecule has 134 valence electrons. The third-order valence-corrected chi connectivity index (χ3v) is 5.74. The lowest BCUT2D eigenvalue weighted by Crippen LogP contribution is -2.52. The van der Waals surface area contributed by atoms with E-state index in [0.717, 1.165) is 45.3 Å². The van der Waals surface area contributed by atoms with E-state index in [-0.39, 0.29) is 17.2 Å². The highest BCUT2D eigenvalue weighted by molar-refractivity contribution is 5.78. The van der Waals surface area contributed by atoms with E-state index in [1.54, 1.807) is 6.08 Å². The molecule has 0 aromatic heterocycles. The van der Waals surface area contributed by atoms with Crippen LogP contribution in [0.25, 0.3) is 0 Å². The number of amides is 2. The smallest absolute Gasteiger partial charge is 0.222 e. The van der Waals surface area contributed by atoms with Crippen LogP contribution >= 0.6 is 0 Å². The number of piperidine rings is 2. The first-order chi connectivity index (χ1) is 12.1. The number of hydrogen-bond donors (Lipinski definition) is 0. The number of carbonyl (C=O) groups is 2. The Labute approximate surface area is 150 Å². The van der Waals surface area contributed by atoms with E-state index in [9.17, 15) is 9.59 Å². The third kappa shape index (κ3) is 4.30. The molecule has 3 rings (SSSR count). The largest absolute Gasteiger partial charge is 0.343 e. The Morgan fingerprint density at radius 2 is 1.88 bits per heavy atom. The molecule has 25 heavy (non-hydrogen) atoms. The minimum absolute atomic E-state index is 0.202. The molecule has 0 saturated carbocycles. The van der Waals surface area contributed by atoms with Crippen LogP contribution in [0.2, 0.25) is 0 Å². The molecule has 0 N–H and O–H groups in total. The van der Waals surface area contributed by atoms with Gasteiger partial charge in [0.25, 0.3) is 0 Å². The SMILES string of the molecule is C=CCN1CC2(CCC1=O)CCN(C(=O)CCc1ccccc1)CC2. The van der Waals surface area contributed by atoms with E-state index >= 15 is 0 Å². The quantitative estimate of drug-likeness (QED) is 0.773. The molecule has 1 aromatic rings. The van der Waals surface area contributed by atoms with Crippen molar-refractivity contribution < 1.29 is 9.59 Å². The lowest BCUT2D eigenvalue weighted by atomic mass is 9.72. The molecule has 0 bridgehead atoms. The van der Waals surface area contributed by atoms with Gasteiger partial charge in [-0.2, -0.15) is 0 Å². The molecule has 2 amide bonds. The maximum atomic E-state index is 12.5. The topological polar surface area (TPSA) is 40.6 Å². The van der Waals surface area contributed by atoms with Crippen LogP contribution in [0.4, 0.5) is 0 Å². The van der Waals surface area contributed by atoms with Crippen LogP contribution in [0.1, 0.15) is 37.7 Å². The van der Waals surface area contributed by atoms with Crippen LogP contribution in [0.5, 0.6) is 0 Å². The normalized spacial score (nSPS) is 19.9. The molecule has 1 aromatic carbocycles. The second kappa shape index (κ2) is 7.85. The van der Waals surface area contributed by atoms with Gasteiger partial charge >= 0.3 is 0 Å². The lowest BCUT2D eigenvalue weighted by Gasteiger charge is -2.47. The molecule has 2 heterocycles. The molecule has 4 heteroatoms. The zero-order chi connectivity index (χ0) is 17.7. The highest BCUT2D eigenvalue weighted by atomic mass is 16.2. The summed E-state index contributed by atoms with van der Waals surface area (Å²) in [5.74, 6) is 0.500. The Bertz CT molecular complexity index is 618. The van der Waals surface area contributed by atoms with Crippen molar-refractivity contribution in [2.75, 3.05) is 26.2 Å². The van der Waals surface area contributed by atoms with E-state index in [0.29, 0.717) is 19.4 Å².